The van der Waals surface area contributed by atoms with Gasteiger partial charge in [0.05, 0.1) is 18.1 Å². The monoisotopic (exact) mass is 372 g/mol. The van der Waals surface area contributed by atoms with Crippen LogP contribution in [0.15, 0.2) is 10.8 Å². The van der Waals surface area contributed by atoms with Crippen LogP contribution in [0, 0.1) is 14.9 Å². The van der Waals surface area contributed by atoms with Gasteiger partial charge in [-0.15, -0.1) is 0 Å². The molecule has 0 fully saturated rings. The first-order valence-corrected chi connectivity index (χ1v) is 5.43. The van der Waals surface area contributed by atoms with Crippen molar-refractivity contribution in [1.82, 2.24) is 4.98 Å². The summed E-state index contributed by atoms with van der Waals surface area (Å²) in [7, 11) is 0. The van der Waals surface area contributed by atoms with E-state index in [1.165, 1.54) is 6.20 Å². The fourth-order valence-electron chi connectivity index (χ4n) is 0.994. The first-order valence-electron chi connectivity index (χ1n) is 3.55. The molecule has 0 saturated heterocycles. The van der Waals surface area contributed by atoms with Crippen LogP contribution in [-0.4, -0.2) is 4.98 Å². The van der Waals surface area contributed by atoms with Crippen LogP contribution in [0.25, 0.3) is 0 Å². The summed E-state index contributed by atoms with van der Waals surface area (Å²) in [5.41, 5.74) is 0.170. The van der Waals surface area contributed by atoms with E-state index in [0.717, 1.165) is 0 Å². The van der Waals surface area contributed by atoms with Crippen molar-refractivity contribution in [1.29, 1.82) is 5.26 Å². The summed E-state index contributed by atoms with van der Waals surface area (Å²) in [5.74, 6) is 0. The van der Waals surface area contributed by atoms with Crippen LogP contribution in [0.3, 0.4) is 0 Å². The molecule has 0 aromatic carbocycles. The normalized spacial score (nSPS) is 10.3. The molecule has 1 aromatic rings. The van der Waals surface area contributed by atoms with Crippen molar-refractivity contribution in [2.45, 2.75) is 12.8 Å². The molecular weight excluding hydrogens is 369 g/mol. The molecule has 0 saturated carbocycles. The van der Waals surface area contributed by atoms with Crippen LogP contribution in [0.2, 0.25) is 0 Å². The highest BCUT2D eigenvalue weighted by Gasteiger charge is 2.19. The van der Waals surface area contributed by atoms with Gasteiger partial charge in [-0.05, 0) is 44.1 Å². The molecule has 0 atom stereocenters. The van der Waals surface area contributed by atoms with Gasteiger partial charge in [-0.1, -0.05) is 0 Å². The molecule has 0 unspecified atom stereocenters. The van der Waals surface area contributed by atoms with Gasteiger partial charge < -0.3 is 0 Å². The lowest BCUT2D eigenvalue weighted by Crippen LogP contribution is -2.00. The van der Waals surface area contributed by atoms with Gasteiger partial charge in [0, 0.05) is 9.77 Å². The second-order valence-corrected chi connectivity index (χ2v) is 4.34. The molecule has 0 N–H and O–H groups in total. The van der Waals surface area contributed by atoms with E-state index in [4.69, 9.17) is 5.26 Å². The predicted octanol–water partition coefficient (Wildman–Crippen LogP) is 3.45. The maximum Gasteiger partial charge on any atom is 0.266 e. The van der Waals surface area contributed by atoms with Crippen LogP contribution in [0.1, 0.15) is 17.6 Å². The number of nitrogens with zero attached hydrogens (tertiary/aromatic N) is 2. The third-order valence-electron chi connectivity index (χ3n) is 1.60. The van der Waals surface area contributed by atoms with Gasteiger partial charge in [0.15, 0.2) is 0 Å². The van der Waals surface area contributed by atoms with E-state index >= 15 is 0 Å². The minimum atomic E-state index is -2.62. The highest BCUT2D eigenvalue weighted by molar-refractivity contribution is 14.1. The van der Waals surface area contributed by atoms with Crippen LogP contribution in [0.4, 0.5) is 8.78 Å². The van der Waals surface area contributed by atoms with Gasteiger partial charge in [0.1, 0.15) is 4.60 Å². The molecule has 0 radical (unpaired) electrons. The van der Waals surface area contributed by atoms with Crippen LogP contribution in [-0.2, 0) is 6.42 Å². The molecule has 14 heavy (non-hydrogen) atoms. The van der Waals surface area contributed by atoms with E-state index in [0.29, 0.717) is 9.13 Å². The topological polar surface area (TPSA) is 36.7 Å². The maximum absolute atomic E-state index is 12.6. The second kappa shape index (κ2) is 4.98. The predicted molar refractivity (Wildman–Crippen MR) is 58.9 cm³/mol. The van der Waals surface area contributed by atoms with E-state index in [1.807, 2.05) is 28.7 Å². The Hall–Kier alpha value is -0.290. The Morgan fingerprint density at radius 1 is 1.64 bits per heavy atom. The van der Waals surface area contributed by atoms with Gasteiger partial charge >= 0.3 is 0 Å². The van der Waals surface area contributed by atoms with Crippen LogP contribution in [0.5, 0.6) is 0 Å². The number of hydrogen-bond donors (Lipinski definition) is 0. The van der Waals surface area contributed by atoms with E-state index in [9.17, 15) is 8.78 Å². The van der Waals surface area contributed by atoms with E-state index < -0.39 is 6.43 Å². The lowest BCUT2D eigenvalue weighted by molar-refractivity contribution is 0.149. The van der Waals surface area contributed by atoms with Crippen molar-refractivity contribution < 1.29 is 8.78 Å². The number of aromatic nitrogens is 1. The molecular formula is C8H4BrF2IN2. The summed E-state index contributed by atoms with van der Waals surface area (Å²) in [6, 6.07) is 1.86. The van der Waals surface area contributed by atoms with E-state index in [-0.39, 0.29) is 16.6 Å². The molecule has 6 heteroatoms. The Morgan fingerprint density at radius 3 is 2.79 bits per heavy atom. The summed E-state index contributed by atoms with van der Waals surface area (Å²) in [4.78, 5) is 3.76. The molecule has 0 aliphatic heterocycles. The molecule has 2 nitrogen and oxygen atoms in total. The summed E-state index contributed by atoms with van der Waals surface area (Å²) in [6.07, 6.45) is -1.18. The number of halogens is 4. The number of rotatable bonds is 2. The van der Waals surface area contributed by atoms with Crippen molar-refractivity contribution in [3.63, 3.8) is 0 Å². The molecule has 0 spiro atoms. The summed E-state index contributed by atoms with van der Waals surface area (Å²) < 4.78 is 25.9. The SMILES string of the molecule is N#CCc1c(I)cnc(Br)c1C(F)F. The molecule has 0 aliphatic carbocycles. The Morgan fingerprint density at radius 2 is 2.29 bits per heavy atom. The zero-order valence-electron chi connectivity index (χ0n) is 6.77. The quantitative estimate of drug-likeness (QED) is 0.589. The molecule has 0 bridgehead atoms. The lowest BCUT2D eigenvalue weighted by atomic mass is 10.1. The zero-order valence-corrected chi connectivity index (χ0v) is 10.5. The Kier molecular flexibility index (Phi) is 4.19. The molecule has 74 valence electrons. The van der Waals surface area contributed by atoms with Crippen LogP contribution >= 0.6 is 38.5 Å². The van der Waals surface area contributed by atoms with Gasteiger partial charge in [-0.2, -0.15) is 5.26 Å². The fourth-order valence-corrected chi connectivity index (χ4v) is 2.13. The largest absolute Gasteiger partial charge is 0.266 e. The van der Waals surface area contributed by atoms with E-state index in [1.54, 1.807) is 0 Å². The fraction of sp³-hybridized carbons (Fsp3) is 0.250. The van der Waals surface area contributed by atoms with Crippen molar-refractivity contribution >= 4 is 38.5 Å². The Balaban J connectivity index is 3.35. The van der Waals surface area contributed by atoms with Crippen LogP contribution < -0.4 is 0 Å². The van der Waals surface area contributed by atoms with E-state index in [2.05, 4.69) is 20.9 Å². The summed E-state index contributed by atoms with van der Waals surface area (Å²) in [5, 5.41) is 8.51. The Bertz CT molecular complexity index is 390. The molecule has 1 rings (SSSR count). The first-order chi connectivity index (χ1) is 6.57. The van der Waals surface area contributed by atoms with Crippen molar-refractivity contribution in [3.8, 4) is 6.07 Å². The summed E-state index contributed by atoms with van der Waals surface area (Å²) >= 11 is 4.84. The third-order valence-corrected chi connectivity index (χ3v) is 3.16. The van der Waals surface area contributed by atoms with Gasteiger partial charge in [-0.3, -0.25) is 0 Å². The van der Waals surface area contributed by atoms with Crippen molar-refractivity contribution in [3.05, 3.63) is 25.5 Å². The van der Waals surface area contributed by atoms with Crippen molar-refractivity contribution in [2.24, 2.45) is 0 Å². The van der Waals surface area contributed by atoms with Gasteiger partial charge in [0.2, 0.25) is 0 Å². The smallest absolute Gasteiger partial charge is 0.248 e. The van der Waals surface area contributed by atoms with Crippen molar-refractivity contribution in [2.75, 3.05) is 0 Å². The summed E-state index contributed by atoms with van der Waals surface area (Å²) in [6.45, 7) is 0. The standard InChI is InChI=1S/C8H4BrF2IN2/c9-7-6(8(10)11)4(1-2-13)5(12)3-14-7/h3,8H,1H2. The number of alkyl halides is 2. The molecule has 1 heterocycles. The Labute approximate surface area is 102 Å². The highest BCUT2D eigenvalue weighted by Crippen LogP contribution is 2.31. The molecule has 1 aromatic heterocycles. The third kappa shape index (κ3) is 2.39. The minimum absolute atomic E-state index is 0.0287. The molecule has 0 aliphatic rings. The number of pyridine rings is 1. The average Bonchev–Trinajstić information content (AvgIpc) is 2.11. The second-order valence-electron chi connectivity index (χ2n) is 2.42. The number of hydrogen-bond acceptors (Lipinski definition) is 2. The van der Waals surface area contributed by atoms with Gasteiger partial charge in [-0.25, -0.2) is 13.8 Å². The maximum atomic E-state index is 12.6. The molecule has 0 amide bonds. The minimum Gasteiger partial charge on any atom is -0.248 e. The first kappa shape index (κ1) is 11.8. The van der Waals surface area contributed by atoms with Gasteiger partial charge in [0.25, 0.3) is 6.43 Å². The lowest BCUT2D eigenvalue weighted by Gasteiger charge is -2.09. The number of nitriles is 1. The highest BCUT2D eigenvalue weighted by atomic mass is 127. The average molecular weight is 373 g/mol. The zero-order chi connectivity index (χ0) is 10.7.